The number of aromatic nitrogens is 2. The van der Waals surface area contributed by atoms with Crippen LogP contribution in [-0.2, 0) is 13.1 Å². The van der Waals surface area contributed by atoms with Crippen molar-refractivity contribution in [3.05, 3.63) is 53.9 Å². The molecule has 1 saturated heterocycles. The lowest BCUT2D eigenvalue weighted by Crippen LogP contribution is -2.50. The first kappa shape index (κ1) is 18.1. The van der Waals surface area contributed by atoms with Crippen molar-refractivity contribution in [2.24, 2.45) is 5.92 Å². The summed E-state index contributed by atoms with van der Waals surface area (Å²) in [6.07, 6.45) is 5.11. The molecule has 0 radical (unpaired) electrons. The Labute approximate surface area is 150 Å². The van der Waals surface area contributed by atoms with Crippen LogP contribution in [0.3, 0.4) is 0 Å². The highest BCUT2D eigenvalue weighted by molar-refractivity contribution is 5.14. The van der Waals surface area contributed by atoms with E-state index in [1.807, 2.05) is 10.9 Å². The van der Waals surface area contributed by atoms with E-state index in [1.54, 1.807) is 0 Å². The van der Waals surface area contributed by atoms with Crippen LogP contribution in [0.1, 0.15) is 37.4 Å². The summed E-state index contributed by atoms with van der Waals surface area (Å²) in [7, 11) is 0. The minimum absolute atomic E-state index is 0.230. The normalized spacial score (nSPS) is 21.8. The number of aliphatic hydroxyl groups is 1. The molecule has 136 valence electrons. The molecule has 3 rings (SSSR count). The molecule has 2 heterocycles. The van der Waals surface area contributed by atoms with Crippen molar-refractivity contribution in [3.63, 3.8) is 0 Å². The minimum atomic E-state index is 0.230. The lowest BCUT2D eigenvalue weighted by atomic mass is 9.92. The SMILES string of the molecule is CC(C)n1cc(CN[C@H]2CCN(Cc3ccccc3)C[C@H]2CO)cn1. The van der Waals surface area contributed by atoms with Crippen LogP contribution >= 0.6 is 0 Å². The molecule has 1 aliphatic heterocycles. The molecule has 0 aliphatic carbocycles. The van der Waals surface area contributed by atoms with Gasteiger partial charge in [0, 0.05) is 56.0 Å². The van der Waals surface area contributed by atoms with Crippen LogP contribution in [0.5, 0.6) is 0 Å². The maximum atomic E-state index is 9.84. The third-order valence-corrected chi connectivity index (χ3v) is 5.05. The molecule has 2 aromatic rings. The van der Waals surface area contributed by atoms with Gasteiger partial charge in [-0.2, -0.15) is 5.10 Å². The third-order valence-electron chi connectivity index (χ3n) is 5.05. The van der Waals surface area contributed by atoms with Gasteiger partial charge >= 0.3 is 0 Å². The Balaban J connectivity index is 1.51. The van der Waals surface area contributed by atoms with Gasteiger partial charge in [-0.3, -0.25) is 9.58 Å². The van der Waals surface area contributed by atoms with Gasteiger partial charge < -0.3 is 10.4 Å². The van der Waals surface area contributed by atoms with Gasteiger partial charge in [0.05, 0.1) is 6.20 Å². The fourth-order valence-corrected chi connectivity index (χ4v) is 3.55. The molecule has 2 atom stereocenters. The molecule has 5 heteroatoms. The van der Waals surface area contributed by atoms with Gasteiger partial charge in [0.2, 0.25) is 0 Å². The average Bonchev–Trinajstić information content (AvgIpc) is 3.11. The molecule has 0 bridgehead atoms. The van der Waals surface area contributed by atoms with E-state index in [4.69, 9.17) is 0 Å². The summed E-state index contributed by atoms with van der Waals surface area (Å²) in [5, 5.41) is 17.9. The van der Waals surface area contributed by atoms with Gasteiger partial charge in [0.1, 0.15) is 0 Å². The molecule has 1 fully saturated rings. The van der Waals surface area contributed by atoms with E-state index in [1.165, 1.54) is 11.1 Å². The summed E-state index contributed by atoms with van der Waals surface area (Å²) in [4.78, 5) is 2.45. The third kappa shape index (κ3) is 4.91. The van der Waals surface area contributed by atoms with Crippen LogP contribution in [0.25, 0.3) is 0 Å². The molecule has 0 amide bonds. The molecule has 1 aliphatic rings. The highest BCUT2D eigenvalue weighted by atomic mass is 16.3. The van der Waals surface area contributed by atoms with Crippen LogP contribution in [0, 0.1) is 5.92 Å². The number of hydrogen-bond acceptors (Lipinski definition) is 4. The fourth-order valence-electron chi connectivity index (χ4n) is 3.55. The van der Waals surface area contributed by atoms with Crippen molar-refractivity contribution in [3.8, 4) is 0 Å². The Bertz CT molecular complexity index is 640. The summed E-state index contributed by atoms with van der Waals surface area (Å²) < 4.78 is 1.99. The van der Waals surface area contributed by atoms with Crippen molar-refractivity contribution in [1.82, 2.24) is 20.0 Å². The number of hydrogen-bond donors (Lipinski definition) is 2. The summed E-state index contributed by atoms with van der Waals surface area (Å²) in [6, 6.07) is 11.3. The van der Waals surface area contributed by atoms with Crippen LogP contribution in [0.15, 0.2) is 42.7 Å². The van der Waals surface area contributed by atoms with E-state index in [2.05, 4.69) is 65.7 Å². The average molecular weight is 342 g/mol. The lowest BCUT2D eigenvalue weighted by Gasteiger charge is -2.38. The van der Waals surface area contributed by atoms with Crippen molar-refractivity contribution in [2.45, 2.75) is 45.4 Å². The van der Waals surface area contributed by atoms with E-state index in [0.29, 0.717) is 12.1 Å². The van der Waals surface area contributed by atoms with Crippen molar-refractivity contribution in [2.75, 3.05) is 19.7 Å². The Hall–Kier alpha value is -1.69. The molecule has 5 nitrogen and oxygen atoms in total. The Morgan fingerprint density at radius 2 is 2.04 bits per heavy atom. The van der Waals surface area contributed by atoms with Crippen LogP contribution in [0.2, 0.25) is 0 Å². The second-order valence-corrected chi connectivity index (χ2v) is 7.36. The highest BCUT2D eigenvalue weighted by Gasteiger charge is 2.28. The molecular weight excluding hydrogens is 312 g/mol. The van der Waals surface area contributed by atoms with Gasteiger partial charge in [-0.15, -0.1) is 0 Å². The smallest absolute Gasteiger partial charge is 0.0534 e. The summed E-state index contributed by atoms with van der Waals surface area (Å²) in [5.74, 6) is 0.276. The largest absolute Gasteiger partial charge is 0.396 e. The van der Waals surface area contributed by atoms with Crippen molar-refractivity contribution < 1.29 is 5.11 Å². The number of piperidine rings is 1. The minimum Gasteiger partial charge on any atom is -0.396 e. The molecule has 1 aromatic heterocycles. The molecule has 2 N–H and O–H groups in total. The van der Waals surface area contributed by atoms with Crippen molar-refractivity contribution in [1.29, 1.82) is 0 Å². The van der Waals surface area contributed by atoms with Crippen LogP contribution in [0.4, 0.5) is 0 Å². The predicted molar refractivity (Wildman–Crippen MR) is 100 cm³/mol. The van der Waals surface area contributed by atoms with E-state index < -0.39 is 0 Å². The topological polar surface area (TPSA) is 53.3 Å². The maximum absolute atomic E-state index is 9.84. The molecule has 0 spiro atoms. The van der Waals surface area contributed by atoms with E-state index in [9.17, 15) is 5.11 Å². The van der Waals surface area contributed by atoms with Gasteiger partial charge in [0.25, 0.3) is 0 Å². The van der Waals surface area contributed by atoms with Crippen molar-refractivity contribution >= 4 is 0 Å². The van der Waals surface area contributed by atoms with Crippen LogP contribution in [-0.4, -0.2) is 45.5 Å². The predicted octanol–water partition coefficient (Wildman–Crippen LogP) is 2.44. The second kappa shape index (κ2) is 8.61. The number of likely N-dealkylation sites (tertiary alicyclic amines) is 1. The van der Waals surface area contributed by atoms with Gasteiger partial charge in [0.15, 0.2) is 0 Å². The summed E-state index contributed by atoms with van der Waals surface area (Å²) in [6.45, 7) is 8.28. The molecule has 25 heavy (non-hydrogen) atoms. The number of nitrogens with zero attached hydrogens (tertiary/aromatic N) is 3. The highest BCUT2D eigenvalue weighted by Crippen LogP contribution is 2.19. The summed E-state index contributed by atoms with van der Waals surface area (Å²) in [5.41, 5.74) is 2.55. The Kier molecular flexibility index (Phi) is 6.24. The molecule has 0 saturated carbocycles. The van der Waals surface area contributed by atoms with Crippen LogP contribution < -0.4 is 5.32 Å². The molecule has 0 unspecified atom stereocenters. The number of benzene rings is 1. The van der Waals surface area contributed by atoms with Gasteiger partial charge in [-0.25, -0.2) is 0 Å². The zero-order valence-electron chi connectivity index (χ0n) is 15.3. The maximum Gasteiger partial charge on any atom is 0.0534 e. The standard InChI is InChI=1S/C20H30N4O/c1-16(2)24-13-18(11-22-24)10-21-20-8-9-23(14-19(20)15-25)12-17-6-4-3-5-7-17/h3-7,11,13,16,19-21,25H,8-10,12,14-15H2,1-2H3/t19-,20-/m0/s1. The first-order valence-corrected chi connectivity index (χ1v) is 9.29. The number of rotatable bonds is 7. The van der Waals surface area contributed by atoms with E-state index >= 15 is 0 Å². The Morgan fingerprint density at radius 3 is 2.72 bits per heavy atom. The lowest BCUT2D eigenvalue weighted by molar-refractivity contribution is 0.0849. The molecule has 1 aromatic carbocycles. The quantitative estimate of drug-likeness (QED) is 0.811. The zero-order valence-corrected chi connectivity index (χ0v) is 15.3. The second-order valence-electron chi connectivity index (χ2n) is 7.36. The number of aliphatic hydroxyl groups excluding tert-OH is 1. The fraction of sp³-hybridized carbons (Fsp3) is 0.550. The van der Waals surface area contributed by atoms with Gasteiger partial charge in [-0.1, -0.05) is 30.3 Å². The molecular formula is C20H30N4O. The Morgan fingerprint density at radius 1 is 1.24 bits per heavy atom. The zero-order chi connectivity index (χ0) is 17.6. The monoisotopic (exact) mass is 342 g/mol. The van der Waals surface area contributed by atoms with E-state index in [-0.39, 0.29) is 12.5 Å². The van der Waals surface area contributed by atoms with Gasteiger partial charge in [-0.05, 0) is 32.4 Å². The summed E-state index contributed by atoms with van der Waals surface area (Å²) >= 11 is 0. The first-order valence-electron chi connectivity index (χ1n) is 9.29. The number of nitrogens with one attached hydrogen (secondary N) is 1. The first-order chi connectivity index (χ1) is 12.2. The van der Waals surface area contributed by atoms with E-state index in [0.717, 1.165) is 32.6 Å².